The third kappa shape index (κ3) is 6.84. The van der Waals surface area contributed by atoms with Gasteiger partial charge in [0, 0.05) is 0 Å². The van der Waals surface area contributed by atoms with Gasteiger partial charge in [0.2, 0.25) is 0 Å². The van der Waals surface area contributed by atoms with Gasteiger partial charge in [-0.25, -0.2) is 0 Å². The molecular weight excluding hydrogens is 179 g/mol. The van der Waals surface area contributed by atoms with Gasteiger partial charge in [-0.15, -0.1) is 0 Å². The second-order valence-electron chi connectivity index (χ2n) is 1.91. The summed E-state index contributed by atoms with van der Waals surface area (Å²) in [5, 5.41) is 0. The molecule has 0 aromatic heterocycles. The van der Waals surface area contributed by atoms with Crippen molar-refractivity contribution < 1.29 is 28.0 Å². The van der Waals surface area contributed by atoms with Crippen molar-refractivity contribution in [3.63, 3.8) is 0 Å². The zero-order valence-corrected chi connectivity index (χ0v) is 7.90. The summed E-state index contributed by atoms with van der Waals surface area (Å²) < 4.78 is 4.98. The molecule has 2 heteroatoms. The molecule has 0 bridgehead atoms. The topological polar surface area (TPSA) is 9.23 Å². The molecular formula is C6H13OZr. The van der Waals surface area contributed by atoms with E-state index in [9.17, 15) is 0 Å². The fourth-order valence-electron chi connectivity index (χ4n) is 0.601. The summed E-state index contributed by atoms with van der Waals surface area (Å²) in [7, 11) is 0. The predicted octanol–water partition coefficient (Wildman–Crippen LogP) is 2.05. The van der Waals surface area contributed by atoms with Crippen LogP contribution in [0.2, 0.25) is 0 Å². The van der Waals surface area contributed by atoms with Crippen molar-refractivity contribution in [1.29, 1.82) is 0 Å². The Morgan fingerprint density at radius 3 is 2.50 bits per heavy atom. The molecule has 0 heterocycles. The van der Waals surface area contributed by atoms with E-state index in [1.807, 2.05) is 0 Å². The van der Waals surface area contributed by atoms with Crippen molar-refractivity contribution in [3.05, 3.63) is 0 Å². The van der Waals surface area contributed by atoms with Gasteiger partial charge in [-0.2, -0.15) is 0 Å². The molecule has 1 nitrogen and oxygen atoms in total. The van der Waals surface area contributed by atoms with Crippen LogP contribution in [0.5, 0.6) is 0 Å². The van der Waals surface area contributed by atoms with Crippen LogP contribution in [0.1, 0.15) is 32.6 Å². The summed E-state index contributed by atoms with van der Waals surface area (Å²) in [5.74, 6) is 0. The Labute approximate surface area is 67.3 Å². The van der Waals surface area contributed by atoms with E-state index >= 15 is 0 Å². The quantitative estimate of drug-likeness (QED) is 0.606. The fourth-order valence-corrected chi connectivity index (χ4v) is 0.956. The van der Waals surface area contributed by atoms with Gasteiger partial charge >= 0.3 is 67.2 Å². The van der Waals surface area contributed by atoms with Crippen molar-refractivity contribution in [1.82, 2.24) is 0 Å². The minimum atomic E-state index is 0.971. The van der Waals surface area contributed by atoms with Crippen molar-refractivity contribution in [3.8, 4) is 0 Å². The molecule has 0 unspecified atom stereocenters. The second-order valence-corrected chi connectivity index (χ2v) is 2.62. The Morgan fingerprint density at radius 2 is 2.00 bits per heavy atom. The molecule has 0 fully saturated rings. The van der Waals surface area contributed by atoms with Crippen LogP contribution in [0.4, 0.5) is 0 Å². The number of unbranched alkanes of at least 4 members (excludes halogenated alkanes) is 3. The van der Waals surface area contributed by atoms with Crippen LogP contribution in [0.25, 0.3) is 0 Å². The first kappa shape index (κ1) is 8.84. The molecule has 0 atom stereocenters. The molecule has 0 rings (SSSR count). The van der Waals surface area contributed by atoms with E-state index in [0.29, 0.717) is 0 Å². The van der Waals surface area contributed by atoms with Crippen molar-refractivity contribution in [2.45, 2.75) is 32.6 Å². The average molecular weight is 192 g/mol. The van der Waals surface area contributed by atoms with Crippen LogP contribution in [0.3, 0.4) is 0 Å². The molecule has 0 aromatic carbocycles. The molecule has 0 amide bonds. The summed E-state index contributed by atoms with van der Waals surface area (Å²) in [6.45, 7) is 3.19. The molecule has 0 saturated heterocycles. The van der Waals surface area contributed by atoms with E-state index < -0.39 is 0 Å². The monoisotopic (exact) mass is 191 g/mol. The number of hydrogen-bond donors (Lipinski definition) is 0. The van der Waals surface area contributed by atoms with Crippen LogP contribution in [-0.2, 0) is 28.0 Å². The third-order valence-corrected chi connectivity index (χ3v) is 1.60. The molecule has 0 N–H and O–H groups in total. The van der Waals surface area contributed by atoms with Gasteiger partial charge in [-0.05, 0) is 0 Å². The second kappa shape index (κ2) is 7.84. The van der Waals surface area contributed by atoms with E-state index in [4.69, 9.17) is 2.81 Å². The van der Waals surface area contributed by atoms with Crippen molar-refractivity contribution in [2.24, 2.45) is 0 Å². The van der Waals surface area contributed by atoms with Gasteiger partial charge in [0.05, 0.1) is 0 Å². The summed E-state index contributed by atoms with van der Waals surface area (Å²) in [6.07, 6.45) is 5.26. The molecule has 0 spiro atoms. The zero-order chi connectivity index (χ0) is 6.24. The molecule has 0 aliphatic heterocycles. The van der Waals surface area contributed by atoms with Gasteiger partial charge in [0.1, 0.15) is 0 Å². The average Bonchev–Trinajstić information content (AvgIpc) is 1.81. The zero-order valence-electron chi connectivity index (χ0n) is 5.44. The van der Waals surface area contributed by atoms with Crippen LogP contribution < -0.4 is 0 Å². The SMILES string of the molecule is CCCCCC[O][Zr]. The van der Waals surface area contributed by atoms with Gasteiger partial charge in [-0.3, -0.25) is 0 Å². The normalized spacial score (nSPS) is 9.50. The number of hydrogen-bond acceptors (Lipinski definition) is 1. The van der Waals surface area contributed by atoms with E-state index in [1.54, 1.807) is 0 Å². The Morgan fingerprint density at radius 1 is 1.25 bits per heavy atom. The standard InChI is InChI=1S/C6H13O.Zr/c1-2-3-4-5-6-7;/h2-6H2,1H3;/q-1;+1. The molecule has 0 aromatic rings. The first-order valence-electron chi connectivity index (χ1n) is 3.20. The van der Waals surface area contributed by atoms with Gasteiger partial charge in [0.15, 0.2) is 0 Å². The van der Waals surface area contributed by atoms with Crippen LogP contribution in [0.15, 0.2) is 0 Å². The minimum absolute atomic E-state index is 0.971. The van der Waals surface area contributed by atoms with Gasteiger partial charge < -0.3 is 0 Å². The van der Waals surface area contributed by atoms with Gasteiger partial charge in [-0.1, -0.05) is 0 Å². The Hall–Kier alpha value is 0.843. The number of rotatable bonds is 5. The molecule has 0 radical (unpaired) electrons. The van der Waals surface area contributed by atoms with Crippen LogP contribution in [0, 0.1) is 0 Å². The van der Waals surface area contributed by atoms with Crippen molar-refractivity contribution >= 4 is 0 Å². The maximum atomic E-state index is 4.98. The van der Waals surface area contributed by atoms with E-state index in [0.717, 1.165) is 6.61 Å². The van der Waals surface area contributed by atoms with Crippen LogP contribution >= 0.6 is 0 Å². The van der Waals surface area contributed by atoms with Crippen molar-refractivity contribution in [2.75, 3.05) is 6.61 Å². The first-order chi connectivity index (χ1) is 3.91. The fraction of sp³-hybridized carbons (Fsp3) is 1.00. The summed E-state index contributed by atoms with van der Waals surface area (Å²) in [5.41, 5.74) is 0. The van der Waals surface area contributed by atoms with Crippen LogP contribution in [-0.4, -0.2) is 6.61 Å². The first-order valence-corrected chi connectivity index (χ1v) is 4.20. The van der Waals surface area contributed by atoms with E-state index in [2.05, 4.69) is 6.92 Å². The van der Waals surface area contributed by atoms with E-state index in [-0.39, 0.29) is 0 Å². The molecule has 8 heavy (non-hydrogen) atoms. The summed E-state index contributed by atoms with van der Waals surface area (Å²) in [6, 6.07) is 0. The summed E-state index contributed by atoms with van der Waals surface area (Å²) in [4.78, 5) is 0. The Balaban J connectivity index is 2.53. The predicted molar refractivity (Wildman–Crippen MR) is 30.1 cm³/mol. The molecule has 47 valence electrons. The molecule has 0 saturated carbocycles. The molecule has 0 aliphatic carbocycles. The third-order valence-electron chi connectivity index (χ3n) is 1.10. The van der Waals surface area contributed by atoms with E-state index in [1.165, 1.54) is 50.8 Å². The Kier molecular flexibility index (Phi) is 8.67. The molecule has 0 aliphatic rings. The van der Waals surface area contributed by atoms with Gasteiger partial charge in [0.25, 0.3) is 0 Å². The summed E-state index contributed by atoms with van der Waals surface area (Å²) >= 11 is 1.21. The maximum absolute atomic E-state index is 4.98. The Bertz CT molecular complexity index is 33.5.